The Morgan fingerprint density at radius 2 is 2.39 bits per heavy atom. The van der Waals surface area contributed by atoms with Crippen LogP contribution in [0, 0.1) is 16.0 Å². The van der Waals surface area contributed by atoms with Crippen LogP contribution < -0.4 is 4.90 Å². The fraction of sp³-hybridized carbons (Fsp3) is 0.667. The maximum atomic E-state index is 11.1. The highest BCUT2D eigenvalue weighted by Crippen LogP contribution is 2.41. The second-order valence-electron chi connectivity index (χ2n) is 4.97. The van der Waals surface area contributed by atoms with Crippen LogP contribution in [-0.2, 0) is 0 Å². The molecule has 18 heavy (non-hydrogen) atoms. The summed E-state index contributed by atoms with van der Waals surface area (Å²) >= 11 is 1.34. The topological polar surface area (TPSA) is 66.6 Å². The molecule has 1 aliphatic rings. The van der Waals surface area contributed by atoms with E-state index in [1.54, 1.807) is 6.92 Å². The Hall–Kier alpha value is -1.14. The van der Waals surface area contributed by atoms with Crippen LogP contribution in [0.1, 0.15) is 37.7 Å². The molecule has 0 radical (unpaired) electrons. The monoisotopic (exact) mass is 270 g/mol. The Kier molecular flexibility index (Phi) is 3.87. The van der Waals surface area contributed by atoms with Gasteiger partial charge in [0.05, 0.1) is 11.0 Å². The van der Waals surface area contributed by atoms with E-state index in [1.165, 1.54) is 23.8 Å². The molecular weight excluding hydrogens is 252 g/mol. The zero-order valence-electron chi connectivity index (χ0n) is 10.6. The van der Waals surface area contributed by atoms with Gasteiger partial charge in [0.25, 0.3) is 0 Å². The van der Waals surface area contributed by atoms with Crippen molar-refractivity contribution in [2.45, 2.75) is 32.8 Å². The maximum Gasteiger partial charge on any atom is 0.304 e. The molecule has 1 fully saturated rings. The summed E-state index contributed by atoms with van der Waals surface area (Å²) in [6, 6.07) is 1.50. The molecule has 0 aromatic carbocycles. The SMILES string of the molecule is CC1CCCN(c2sc([C@H](C)O)cc2[N+](=O)[O-])C1. The summed E-state index contributed by atoms with van der Waals surface area (Å²) in [4.78, 5) is 13.5. The number of anilines is 1. The molecule has 100 valence electrons. The van der Waals surface area contributed by atoms with Crippen LogP contribution in [0.3, 0.4) is 0 Å². The Bertz CT molecular complexity index is 445. The fourth-order valence-corrected chi connectivity index (χ4v) is 3.42. The summed E-state index contributed by atoms with van der Waals surface area (Å²) in [6.45, 7) is 5.53. The van der Waals surface area contributed by atoms with Crippen molar-refractivity contribution < 1.29 is 10.0 Å². The van der Waals surface area contributed by atoms with E-state index < -0.39 is 6.10 Å². The van der Waals surface area contributed by atoms with Crippen molar-refractivity contribution >= 4 is 22.0 Å². The number of hydrogen-bond acceptors (Lipinski definition) is 5. The number of piperidine rings is 1. The number of hydrogen-bond donors (Lipinski definition) is 1. The molecule has 1 aliphatic heterocycles. The van der Waals surface area contributed by atoms with Gasteiger partial charge in [-0.1, -0.05) is 6.92 Å². The van der Waals surface area contributed by atoms with Crippen molar-refractivity contribution in [1.82, 2.24) is 0 Å². The smallest absolute Gasteiger partial charge is 0.304 e. The van der Waals surface area contributed by atoms with E-state index in [4.69, 9.17) is 0 Å². The summed E-state index contributed by atoms with van der Waals surface area (Å²) in [5, 5.41) is 21.3. The molecule has 1 N–H and O–H groups in total. The highest BCUT2D eigenvalue weighted by atomic mass is 32.1. The van der Waals surface area contributed by atoms with Crippen molar-refractivity contribution in [2.75, 3.05) is 18.0 Å². The lowest BCUT2D eigenvalue weighted by Crippen LogP contribution is -2.33. The summed E-state index contributed by atoms with van der Waals surface area (Å²) in [6.07, 6.45) is 1.60. The van der Waals surface area contributed by atoms with Gasteiger partial charge in [-0.15, -0.1) is 11.3 Å². The van der Waals surface area contributed by atoms with E-state index in [-0.39, 0.29) is 10.6 Å². The second kappa shape index (κ2) is 5.24. The van der Waals surface area contributed by atoms with E-state index in [1.807, 2.05) is 0 Å². The zero-order chi connectivity index (χ0) is 13.3. The molecule has 1 aromatic rings. The average molecular weight is 270 g/mol. The fourth-order valence-electron chi connectivity index (χ4n) is 2.33. The molecule has 1 unspecified atom stereocenters. The summed E-state index contributed by atoms with van der Waals surface area (Å²) in [5.74, 6) is 0.565. The molecule has 1 aromatic heterocycles. The van der Waals surface area contributed by atoms with Gasteiger partial charge in [-0.25, -0.2) is 0 Å². The predicted molar refractivity (Wildman–Crippen MR) is 72.2 cm³/mol. The highest BCUT2D eigenvalue weighted by molar-refractivity contribution is 7.16. The standard InChI is InChI=1S/C12H18N2O3S/c1-8-4-3-5-13(7-8)12-10(14(16)17)6-11(18-12)9(2)15/h6,8-9,15H,3-5,7H2,1-2H3/t8?,9-/m0/s1. The van der Waals surface area contributed by atoms with Gasteiger partial charge in [-0.3, -0.25) is 10.1 Å². The van der Waals surface area contributed by atoms with Crippen LogP contribution in [0.5, 0.6) is 0 Å². The molecular formula is C12H18N2O3S. The molecule has 0 amide bonds. The summed E-state index contributed by atoms with van der Waals surface area (Å²) < 4.78 is 0. The van der Waals surface area contributed by atoms with Crippen LogP contribution in [0.2, 0.25) is 0 Å². The number of aliphatic hydroxyl groups is 1. The Labute approximate surface area is 110 Å². The van der Waals surface area contributed by atoms with E-state index >= 15 is 0 Å². The quantitative estimate of drug-likeness (QED) is 0.677. The highest BCUT2D eigenvalue weighted by Gasteiger charge is 2.27. The largest absolute Gasteiger partial charge is 0.388 e. The van der Waals surface area contributed by atoms with Crippen molar-refractivity contribution in [2.24, 2.45) is 5.92 Å². The van der Waals surface area contributed by atoms with Crippen LogP contribution in [-0.4, -0.2) is 23.1 Å². The molecule has 6 heteroatoms. The minimum absolute atomic E-state index is 0.130. The van der Waals surface area contributed by atoms with Crippen LogP contribution in [0.25, 0.3) is 0 Å². The molecule has 2 heterocycles. The minimum Gasteiger partial charge on any atom is -0.388 e. The molecule has 0 bridgehead atoms. The van der Waals surface area contributed by atoms with E-state index in [2.05, 4.69) is 11.8 Å². The normalized spacial score (nSPS) is 21.9. The summed E-state index contributed by atoms with van der Waals surface area (Å²) in [7, 11) is 0. The number of nitrogens with zero attached hydrogens (tertiary/aromatic N) is 2. The lowest BCUT2D eigenvalue weighted by atomic mass is 10.0. The molecule has 1 saturated heterocycles. The predicted octanol–water partition coefficient (Wildman–Crippen LogP) is 2.95. The second-order valence-corrected chi connectivity index (χ2v) is 6.03. The van der Waals surface area contributed by atoms with Gasteiger partial charge in [-0.05, 0) is 25.7 Å². The van der Waals surface area contributed by atoms with Crippen molar-refractivity contribution in [3.63, 3.8) is 0 Å². The van der Waals surface area contributed by atoms with Crippen molar-refractivity contribution in [3.05, 3.63) is 21.1 Å². The first kappa shape index (κ1) is 13.3. The van der Waals surface area contributed by atoms with Crippen molar-refractivity contribution in [3.8, 4) is 0 Å². The van der Waals surface area contributed by atoms with Crippen molar-refractivity contribution in [1.29, 1.82) is 0 Å². The maximum absolute atomic E-state index is 11.1. The third-order valence-electron chi connectivity index (χ3n) is 3.27. The van der Waals surface area contributed by atoms with Gasteiger partial charge >= 0.3 is 5.69 Å². The summed E-state index contributed by atoms with van der Waals surface area (Å²) in [5.41, 5.74) is 0.130. The zero-order valence-corrected chi connectivity index (χ0v) is 11.4. The lowest BCUT2D eigenvalue weighted by Gasteiger charge is -2.31. The first-order valence-electron chi connectivity index (χ1n) is 6.20. The van der Waals surface area contributed by atoms with Gasteiger partial charge in [0.15, 0.2) is 5.00 Å². The average Bonchev–Trinajstić information content (AvgIpc) is 2.73. The third kappa shape index (κ3) is 2.64. The number of aliphatic hydroxyl groups excluding tert-OH is 1. The first-order chi connectivity index (χ1) is 8.49. The van der Waals surface area contributed by atoms with Crippen LogP contribution in [0.15, 0.2) is 6.07 Å². The molecule has 2 atom stereocenters. The Morgan fingerprint density at radius 3 is 2.94 bits per heavy atom. The number of rotatable bonds is 3. The molecule has 0 saturated carbocycles. The van der Waals surface area contributed by atoms with Crippen LogP contribution in [0.4, 0.5) is 10.7 Å². The van der Waals surface area contributed by atoms with Gasteiger partial charge in [0.1, 0.15) is 0 Å². The van der Waals surface area contributed by atoms with Gasteiger partial charge in [-0.2, -0.15) is 0 Å². The molecule has 0 spiro atoms. The Morgan fingerprint density at radius 1 is 1.67 bits per heavy atom. The first-order valence-corrected chi connectivity index (χ1v) is 7.01. The number of nitro groups is 1. The molecule has 0 aliphatic carbocycles. The van der Waals surface area contributed by atoms with Gasteiger partial charge < -0.3 is 10.0 Å². The Balaban J connectivity index is 2.32. The van der Waals surface area contributed by atoms with E-state index in [0.717, 1.165) is 19.5 Å². The van der Waals surface area contributed by atoms with Gasteiger partial charge in [0, 0.05) is 24.0 Å². The lowest BCUT2D eigenvalue weighted by molar-refractivity contribution is -0.383. The van der Waals surface area contributed by atoms with E-state index in [9.17, 15) is 15.2 Å². The number of thiophene rings is 1. The third-order valence-corrected chi connectivity index (χ3v) is 4.62. The minimum atomic E-state index is -0.648. The van der Waals surface area contributed by atoms with Crippen LogP contribution >= 0.6 is 11.3 Å². The molecule has 2 rings (SSSR count). The molecule has 5 nitrogen and oxygen atoms in total. The van der Waals surface area contributed by atoms with Gasteiger partial charge in [0.2, 0.25) is 0 Å². The van der Waals surface area contributed by atoms with E-state index in [0.29, 0.717) is 15.8 Å².